The van der Waals surface area contributed by atoms with E-state index in [0.29, 0.717) is 12.0 Å². The second-order valence-electron chi connectivity index (χ2n) is 5.78. The molecule has 0 radical (unpaired) electrons. The van der Waals surface area contributed by atoms with Gasteiger partial charge in [-0.25, -0.2) is 0 Å². The molecule has 0 unspecified atom stereocenters. The van der Waals surface area contributed by atoms with Crippen LogP contribution in [-0.4, -0.2) is 19.2 Å². The van der Waals surface area contributed by atoms with Gasteiger partial charge in [-0.2, -0.15) is 0 Å². The molecule has 0 spiro atoms. The average molecular weight is 296 g/mol. The fourth-order valence-corrected chi connectivity index (χ4v) is 2.92. The van der Waals surface area contributed by atoms with Crippen LogP contribution < -0.4 is 10.1 Å². The topological polar surface area (TPSA) is 21.3 Å². The van der Waals surface area contributed by atoms with Gasteiger partial charge in [0.25, 0.3) is 0 Å². The van der Waals surface area contributed by atoms with E-state index in [1.165, 1.54) is 24.8 Å². The quantitative estimate of drug-likeness (QED) is 0.816. The second-order valence-corrected chi connectivity index (χ2v) is 6.21. The van der Waals surface area contributed by atoms with Crippen molar-refractivity contribution in [3.63, 3.8) is 0 Å². The molecular formula is C17H26ClNO. The lowest BCUT2D eigenvalue weighted by Crippen LogP contribution is -2.35. The molecule has 0 bridgehead atoms. The highest BCUT2D eigenvalue weighted by Gasteiger charge is 2.14. The first-order valence-electron chi connectivity index (χ1n) is 7.86. The molecule has 0 saturated carbocycles. The van der Waals surface area contributed by atoms with E-state index in [0.717, 1.165) is 36.8 Å². The molecule has 1 heterocycles. The van der Waals surface area contributed by atoms with Crippen LogP contribution in [0.2, 0.25) is 5.02 Å². The summed E-state index contributed by atoms with van der Waals surface area (Å²) >= 11 is 6.11. The largest absolute Gasteiger partial charge is 0.493 e. The minimum absolute atomic E-state index is 0.483. The summed E-state index contributed by atoms with van der Waals surface area (Å²) in [5.74, 6) is 1.48. The van der Waals surface area contributed by atoms with Crippen LogP contribution in [0.3, 0.4) is 0 Å². The number of piperidine rings is 1. The summed E-state index contributed by atoms with van der Waals surface area (Å²) in [7, 11) is 0. The SMILES string of the molecule is CC[C@@H](C)c1cc(Cl)ccc1OCC[C@@H]1CCCCN1. The van der Waals surface area contributed by atoms with Crippen LogP contribution in [0.25, 0.3) is 0 Å². The Morgan fingerprint density at radius 2 is 2.25 bits per heavy atom. The van der Waals surface area contributed by atoms with E-state index in [-0.39, 0.29) is 0 Å². The normalized spacial score (nSPS) is 20.6. The fraction of sp³-hybridized carbons (Fsp3) is 0.647. The smallest absolute Gasteiger partial charge is 0.122 e. The Bertz CT molecular complexity index is 415. The number of halogens is 1. The summed E-state index contributed by atoms with van der Waals surface area (Å²) in [5.41, 5.74) is 1.23. The molecule has 1 aromatic rings. The van der Waals surface area contributed by atoms with Gasteiger partial charge in [0.05, 0.1) is 6.61 Å². The maximum Gasteiger partial charge on any atom is 0.122 e. The Morgan fingerprint density at radius 3 is 2.95 bits per heavy atom. The minimum atomic E-state index is 0.483. The summed E-state index contributed by atoms with van der Waals surface area (Å²) in [6, 6.07) is 6.60. The Morgan fingerprint density at radius 1 is 1.40 bits per heavy atom. The lowest BCUT2D eigenvalue weighted by Gasteiger charge is -2.24. The van der Waals surface area contributed by atoms with Crippen LogP contribution in [0, 0.1) is 0 Å². The Hall–Kier alpha value is -0.730. The Balaban J connectivity index is 1.91. The molecule has 0 aliphatic carbocycles. The van der Waals surface area contributed by atoms with Crippen molar-refractivity contribution < 1.29 is 4.74 Å². The molecule has 2 nitrogen and oxygen atoms in total. The summed E-state index contributed by atoms with van der Waals surface area (Å²) in [6.07, 6.45) is 6.12. The van der Waals surface area contributed by atoms with Crippen LogP contribution >= 0.6 is 11.6 Å². The van der Waals surface area contributed by atoms with Crippen LogP contribution in [-0.2, 0) is 0 Å². The zero-order chi connectivity index (χ0) is 14.4. The lowest BCUT2D eigenvalue weighted by molar-refractivity contribution is 0.265. The third kappa shape index (κ3) is 4.39. The van der Waals surface area contributed by atoms with Crippen molar-refractivity contribution in [1.82, 2.24) is 5.32 Å². The zero-order valence-corrected chi connectivity index (χ0v) is 13.4. The molecule has 1 aliphatic heterocycles. The van der Waals surface area contributed by atoms with Gasteiger partial charge in [0.2, 0.25) is 0 Å². The highest BCUT2D eigenvalue weighted by molar-refractivity contribution is 6.30. The summed E-state index contributed by atoms with van der Waals surface area (Å²) in [6.45, 7) is 6.36. The molecule has 2 rings (SSSR count). The van der Waals surface area contributed by atoms with Crippen molar-refractivity contribution in [1.29, 1.82) is 0 Å². The van der Waals surface area contributed by atoms with Crippen molar-refractivity contribution >= 4 is 11.6 Å². The first kappa shape index (κ1) is 15.7. The van der Waals surface area contributed by atoms with Gasteiger partial charge < -0.3 is 10.1 Å². The fourth-order valence-electron chi connectivity index (χ4n) is 2.74. The van der Waals surface area contributed by atoms with E-state index in [2.05, 4.69) is 19.2 Å². The van der Waals surface area contributed by atoms with Gasteiger partial charge in [-0.3, -0.25) is 0 Å². The van der Waals surface area contributed by atoms with Gasteiger partial charge in [0.15, 0.2) is 0 Å². The molecule has 2 atom stereocenters. The molecule has 1 aromatic carbocycles. The van der Waals surface area contributed by atoms with Crippen LogP contribution in [0.1, 0.15) is 57.4 Å². The maximum absolute atomic E-state index is 6.11. The van der Waals surface area contributed by atoms with E-state index in [1.807, 2.05) is 18.2 Å². The molecule has 0 aromatic heterocycles. The molecule has 1 saturated heterocycles. The second kappa shape index (κ2) is 7.90. The molecule has 112 valence electrons. The summed E-state index contributed by atoms with van der Waals surface area (Å²) in [4.78, 5) is 0. The minimum Gasteiger partial charge on any atom is -0.493 e. The predicted octanol–water partition coefficient (Wildman–Crippen LogP) is 4.76. The summed E-state index contributed by atoms with van der Waals surface area (Å²) < 4.78 is 6.02. The first-order chi connectivity index (χ1) is 9.70. The van der Waals surface area contributed by atoms with Gasteiger partial charge in [0.1, 0.15) is 5.75 Å². The van der Waals surface area contributed by atoms with E-state index in [9.17, 15) is 0 Å². The van der Waals surface area contributed by atoms with E-state index < -0.39 is 0 Å². The zero-order valence-electron chi connectivity index (χ0n) is 12.6. The molecule has 1 N–H and O–H groups in total. The van der Waals surface area contributed by atoms with Gasteiger partial charge in [-0.1, -0.05) is 31.9 Å². The first-order valence-corrected chi connectivity index (χ1v) is 8.24. The third-order valence-corrected chi connectivity index (χ3v) is 4.49. The van der Waals surface area contributed by atoms with Crippen molar-refractivity contribution in [3.05, 3.63) is 28.8 Å². The van der Waals surface area contributed by atoms with Gasteiger partial charge in [0, 0.05) is 11.1 Å². The van der Waals surface area contributed by atoms with E-state index in [1.54, 1.807) is 0 Å². The molecular weight excluding hydrogens is 270 g/mol. The number of benzene rings is 1. The molecule has 0 amide bonds. The maximum atomic E-state index is 6.11. The monoisotopic (exact) mass is 295 g/mol. The van der Waals surface area contributed by atoms with Crippen molar-refractivity contribution in [2.24, 2.45) is 0 Å². The van der Waals surface area contributed by atoms with E-state index in [4.69, 9.17) is 16.3 Å². The van der Waals surface area contributed by atoms with Gasteiger partial charge in [-0.15, -0.1) is 0 Å². The number of hydrogen-bond acceptors (Lipinski definition) is 2. The van der Waals surface area contributed by atoms with Crippen molar-refractivity contribution in [3.8, 4) is 5.75 Å². The standard InChI is InChI=1S/C17H26ClNO/c1-3-13(2)16-12-14(18)7-8-17(16)20-11-9-15-6-4-5-10-19-15/h7-8,12-13,15,19H,3-6,9-11H2,1-2H3/t13-,15+/m1/s1. The highest BCUT2D eigenvalue weighted by Crippen LogP contribution is 2.31. The third-order valence-electron chi connectivity index (χ3n) is 4.25. The van der Waals surface area contributed by atoms with E-state index >= 15 is 0 Å². The number of hydrogen-bond donors (Lipinski definition) is 1. The molecule has 1 aliphatic rings. The molecule has 1 fully saturated rings. The van der Waals surface area contributed by atoms with Crippen LogP contribution in [0.4, 0.5) is 0 Å². The predicted molar refractivity (Wildman–Crippen MR) is 85.9 cm³/mol. The number of rotatable bonds is 6. The number of nitrogens with one attached hydrogen (secondary N) is 1. The van der Waals surface area contributed by atoms with Gasteiger partial charge in [-0.05, 0) is 61.9 Å². The van der Waals surface area contributed by atoms with Gasteiger partial charge >= 0.3 is 0 Å². The highest BCUT2D eigenvalue weighted by atomic mass is 35.5. The average Bonchev–Trinajstić information content (AvgIpc) is 2.49. The summed E-state index contributed by atoms with van der Waals surface area (Å²) in [5, 5.41) is 4.36. The lowest BCUT2D eigenvalue weighted by atomic mass is 9.97. The Labute approximate surface area is 127 Å². The van der Waals surface area contributed by atoms with Crippen molar-refractivity contribution in [2.75, 3.05) is 13.2 Å². The van der Waals surface area contributed by atoms with Crippen LogP contribution in [0.5, 0.6) is 5.75 Å². The number of ether oxygens (including phenoxy) is 1. The molecule has 3 heteroatoms. The molecule has 20 heavy (non-hydrogen) atoms. The Kier molecular flexibility index (Phi) is 6.18. The van der Waals surface area contributed by atoms with Crippen LogP contribution in [0.15, 0.2) is 18.2 Å². The van der Waals surface area contributed by atoms with Crippen molar-refractivity contribution in [2.45, 2.75) is 57.9 Å².